The molecule has 2 aromatic rings. The Morgan fingerprint density at radius 2 is 2.12 bits per heavy atom. The molecule has 0 aromatic carbocycles. The van der Waals surface area contributed by atoms with Crippen molar-refractivity contribution in [3.05, 3.63) is 53.0 Å². The Balaban J connectivity index is 1.49. The molecule has 2 aromatic heterocycles. The first-order valence-corrected chi connectivity index (χ1v) is 9.47. The highest BCUT2D eigenvalue weighted by atomic mass is 16.5. The first-order valence-electron chi connectivity index (χ1n) is 9.47. The van der Waals surface area contributed by atoms with Gasteiger partial charge in [0.1, 0.15) is 6.10 Å². The van der Waals surface area contributed by atoms with Gasteiger partial charge in [0.25, 0.3) is 0 Å². The van der Waals surface area contributed by atoms with Crippen molar-refractivity contribution < 1.29 is 4.74 Å². The van der Waals surface area contributed by atoms with Crippen molar-refractivity contribution in [2.45, 2.75) is 52.2 Å². The summed E-state index contributed by atoms with van der Waals surface area (Å²) < 4.78 is 6.25. The Morgan fingerprint density at radius 3 is 2.84 bits per heavy atom. The van der Waals surface area contributed by atoms with Gasteiger partial charge in [0.15, 0.2) is 0 Å². The topological polar surface area (TPSA) is 38.2 Å². The summed E-state index contributed by atoms with van der Waals surface area (Å²) >= 11 is 0. The van der Waals surface area contributed by atoms with Crippen LogP contribution in [0.3, 0.4) is 0 Å². The van der Waals surface area contributed by atoms with Crippen molar-refractivity contribution in [1.29, 1.82) is 0 Å². The van der Waals surface area contributed by atoms with Crippen LogP contribution in [0.25, 0.3) is 0 Å². The summed E-state index contributed by atoms with van der Waals surface area (Å²) in [6, 6.07) is 6.27. The first-order chi connectivity index (χ1) is 12.2. The Morgan fingerprint density at radius 1 is 1.24 bits per heavy atom. The van der Waals surface area contributed by atoms with E-state index in [9.17, 15) is 0 Å². The molecule has 0 bridgehead atoms. The van der Waals surface area contributed by atoms with E-state index in [2.05, 4.69) is 33.9 Å². The highest BCUT2D eigenvalue weighted by Crippen LogP contribution is 2.32. The van der Waals surface area contributed by atoms with Crippen molar-refractivity contribution in [3.63, 3.8) is 0 Å². The monoisotopic (exact) mass is 337 g/mol. The van der Waals surface area contributed by atoms with Gasteiger partial charge in [-0.2, -0.15) is 0 Å². The van der Waals surface area contributed by atoms with E-state index in [1.54, 1.807) is 0 Å². The Bertz CT molecular complexity index is 724. The molecule has 4 heteroatoms. The van der Waals surface area contributed by atoms with Crippen LogP contribution in [-0.4, -0.2) is 28.0 Å². The summed E-state index contributed by atoms with van der Waals surface area (Å²) in [7, 11) is 0. The molecule has 4 nitrogen and oxygen atoms in total. The number of aryl methyl sites for hydroxylation is 1. The van der Waals surface area contributed by atoms with Crippen LogP contribution in [-0.2, 0) is 13.0 Å². The maximum absolute atomic E-state index is 6.25. The van der Waals surface area contributed by atoms with E-state index >= 15 is 0 Å². The van der Waals surface area contributed by atoms with Crippen molar-refractivity contribution >= 4 is 0 Å². The fourth-order valence-electron chi connectivity index (χ4n) is 3.75. The summed E-state index contributed by atoms with van der Waals surface area (Å²) in [6.07, 6.45) is 9.05. The van der Waals surface area contributed by atoms with Crippen LogP contribution in [0, 0.1) is 12.8 Å². The summed E-state index contributed by atoms with van der Waals surface area (Å²) in [6.45, 7) is 7.42. The van der Waals surface area contributed by atoms with Crippen LogP contribution in [0.1, 0.15) is 54.7 Å². The number of hydrogen-bond acceptors (Lipinski definition) is 4. The zero-order chi connectivity index (χ0) is 17.2. The minimum absolute atomic E-state index is 0.0471. The number of aromatic nitrogens is 2. The lowest BCUT2D eigenvalue weighted by atomic mass is 9.84. The summed E-state index contributed by atoms with van der Waals surface area (Å²) in [5.41, 5.74) is 4.79. The fraction of sp³-hybridized carbons (Fsp3) is 0.524. The van der Waals surface area contributed by atoms with E-state index in [0.717, 1.165) is 42.6 Å². The zero-order valence-corrected chi connectivity index (χ0v) is 15.2. The number of rotatable bonds is 5. The number of nitrogens with zero attached hydrogens (tertiary/aromatic N) is 3. The lowest BCUT2D eigenvalue weighted by molar-refractivity contribution is 0.158. The molecule has 0 N–H and O–H groups in total. The highest BCUT2D eigenvalue weighted by Gasteiger charge is 2.26. The summed E-state index contributed by atoms with van der Waals surface area (Å²) in [5.74, 6) is 1.70. The maximum atomic E-state index is 6.25. The molecule has 2 aliphatic rings. The lowest BCUT2D eigenvalue weighted by Gasteiger charge is -2.35. The van der Waals surface area contributed by atoms with Gasteiger partial charge in [0.05, 0.1) is 0 Å². The van der Waals surface area contributed by atoms with E-state index in [1.165, 1.54) is 36.9 Å². The van der Waals surface area contributed by atoms with E-state index in [-0.39, 0.29) is 6.10 Å². The van der Waals surface area contributed by atoms with Gasteiger partial charge in [-0.3, -0.25) is 9.88 Å². The average Bonchev–Trinajstić information content (AvgIpc) is 2.59. The van der Waals surface area contributed by atoms with Crippen LogP contribution < -0.4 is 4.74 Å². The van der Waals surface area contributed by atoms with Crippen LogP contribution in [0.2, 0.25) is 0 Å². The Hall–Kier alpha value is -1.94. The largest absolute Gasteiger partial charge is 0.469 e. The minimum Gasteiger partial charge on any atom is -0.469 e. The molecule has 132 valence electrons. The molecule has 0 saturated heterocycles. The van der Waals surface area contributed by atoms with Crippen LogP contribution in [0.4, 0.5) is 0 Å². The van der Waals surface area contributed by atoms with Gasteiger partial charge in [0.2, 0.25) is 5.88 Å². The molecule has 1 unspecified atom stereocenters. The molecule has 3 heterocycles. The number of hydrogen-bond donors (Lipinski definition) is 0. The van der Waals surface area contributed by atoms with Crippen molar-refractivity contribution in [3.8, 4) is 5.88 Å². The molecule has 4 rings (SSSR count). The molecule has 1 atom stereocenters. The zero-order valence-electron chi connectivity index (χ0n) is 15.2. The summed E-state index contributed by atoms with van der Waals surface area (Å²) in [4.78, 5) is 11.5. The highest BCUT2D eigenvalue weighted by molar-refractivity contribution is 5.36. The standard InChI is InChI=1S/C21H27N3O/c1-15-6-7-19(12-23-15)16(2)25-21-20-14-24(13-17-4-3-5-17)11-9-18(20)8-10-22-21/h6-8,10,12,16-17H,3-5,9,11,13-14H2,1-2H3. The van der Waals surface area contributed by atoms with Crippen molar-refractivity contribution in [2.24, 2.45) is 5.92 Å². The molecule has 0 radical (unpaired) electrons. The number of pyridine rings is 2. The van der Waals surface area contributed by atoms with Gasteiger partial charge >= 0.3 is 0 Å². The van der Waals surface area contributed by atoms with Gasteiger partial charge in [-0.15, -0.1) is 0 Å². The third-order valence-electron chi connectivity index (χ3n) is 5.63. The molecular formula is C21H27N3O. The average molecular weight is 337 g/mol. The number of ether oxygens (including phenoxy) is 1. The van der Waals surface area contributed by atoms with Gasteiger partial charge in [-0.05, 0) is 56.7 Å². The molecule has 0 spiro atoms. The van der Waals surface area contributed by atoms with Crippen LogP contribution >= 0.6 is 0 Å². The second-order valence-corrected chi connectivity index (χ2v) is 7.53. The van der Waals surface area contributed by atoms with Crippen LogP contribution in [0.5, 0.6) is 5.88 Å². The maximum Gasteiger partial charge on any atom is 0.218 e. The van der Waals surface area contributed by atoms with Crippen molar-refractivity contribution in [1.82, 2.24) is 14.9 Å². The fourth-order valence-corrected chi connectivity index (χ4v) is 3.75. The van der Waals surface area contributed by atoms with Gasteiger partial charge in [-0.1, -0.05) is 12.5 Å². The minimum atomic E-state index is -0.0471. The predicted octanol–water partition coefficient (Wildman–Crippen LogP) is 4.08. The van der Waals surface area contributed by atoms with Gasteiger partial charge in [0, 0.05) is 48.8 Å². The molecule has 1 saturated carbocycles. The number of fused-ring (bicyclic) bond motifs is 1. The molecular weight excluding hydrogens is 310 g/mol. The molecule has 1 aliphatic heterocycles. The Labute approximate surface area is 150 Å². The lowest BCUT2D eigenvalue weighted by Crippen LogP contribution is -2.36. The third-order valence-corrected chi connectivity index (χ3v) is 5.63. The molecule has 25 heavy (non-hydrogen) atoms. The van der Waals surface area contributed by atoms with E-state index in [0.29, 0.717) is 0 Å². The summed E-state index contributed by atoms with van der Waals surface area (Å²) in [5, 5.41) is 0. The normalized spacial score (nSPS) is 19.1. The van der Waals surface area contributed by atoms with E-state index in [1.807, 2.05) is 25.4 Å². The molecule has 1 aliphatic carbocycles. The van der Waals surface area contributed by atoms with Gasteiger partial charge < -0.3 is 4.74 Å². The third kappa shape index (κ3) is 3.69. The smallest absolute Gasteiger partial charge is 0.218 e. The second kappa shape index (κ2) is 7.12. The van der Waals surface area contributed by atoms with E-state index < -0.39 is 0 Å². The van der Waals surface area contributed by atoms with Gasteiger partial charge in [-0.25, -0.2) is 4.98 Å². The molecule has 0 amide bonds. The Kier molecular flexibility index (Phi) is 4.71. The van der Waals surface area contributed by atoms with Crippen LogP contribution in [0.15, 0.2) is 30.6 Å². The molecule has 1 fully saturated rings. The van der Waals surface area contributed by atoms with E-state index in [4.69, 9.17) is 4.74 Å². The predicted molar refractivity (Wildman–Crippen MR) is 98.6 cm³/mol. The SMILES string of the molecule is Cc1ccc(C(C)Oc2nccc3c2CN(CC2CCC2)CC3)cn1. The quantitative estimate of drug-likeness (QED) is 0.824. The first kappa shape index (κ1) is 16.5. The second-order valence-electron chi connectivity index (χ2n) is 7.53. The van der Waals surface area contributed by atoms with Crippen molar-refractivity contribution in [2.75, 3.05) is 13.1 Å².